The van der Waals surface area contributed by atoms with E-state index in [4.69, 9.17) is 0 Å². The van der Waals surface area contributed by atoms with E-state index in [2.05, 4.69) is 25.9 Å². The Balaban J connectivity index is 1.80. The third-order valence-electron chi connectivity index (χ3n) is 3.65. The molecule has 0 spiro atoms. The molecule has 0 unspecified atom stereocenters. The number of nitrogens with zero attached hydrogens (tertiary/aromatic N) is 2. The van der Waals surface area contributed by atoms with Gasteiger partial charge >= 0.3 is 0 Å². The number of halogens is 1. The minimum Gasteiger partial charge on any atom is -0.326 e. The van der Waals surface area contributed by atoms with Crippen molar-refractivity contribution in [2.45, 2.75) is 13.8 Å². The largest absolute Gasteiger partial charge is 0.326 e. The van der Waals surface area contributed by atoms with Crippen molar-refractivity contribution in [3.8, 4) is 0 Å². The third kappa shape index (κ3) is 4.88. The van der Waals surface area contributed by atoms with E-state index in [1.807, 2.05) is 0 Å². The molecule has 0 aliphatic carbocycles. The van der Waals surface area contributed by atoms with Crippen LogP contribution in [0.3, 0.4) is 0 Å². The SMILES string of the molecule is CC(=O)Nc1cccc(NC(=O)c2cc(C)nc(Nc3ccccc3F)n2)c1. The van der Waals surface area contributed by atoms with Crippen molar-refractivity contribution in [2.75, 3.05) is 16.0 Å². The molecule has 0 aliphatic rings. The number of hydrogen-bond donors (Lipinski definition) is 3. The molecule has 28 heavy (non-hydrogen) atoms. The van der Waals surface area contributed by atoms with Crippen LogP contribution in [0.1, 0.15) is 23.1 Å². The topological polar surface area (TPSA) is 96.0 Å². The van der Waals surface area contributed by atoms with Crippen LogP contribution >= 0.6 is 0 Å². The molecule has 142 valence electrons. The van der Waals surface area contributed by atoms with Crippen LogP contribution in [0, 0.1) is 12.7 Å². The summed E-state index contributed by atoms with van der Waals surface area (Å²) in [6.45, 7) is 3.11. The summed E-state index contributed by atoms with van der Waals surface area (Å²) >= 11 is 0. The van der Waals surface area contributed by atoms with Gasteiger partial charge in [-0.2, -0.15) is 0 Å². The van der Waals surface area contributed by atoms with Crippen molar-refractivity contribution >= 4 is 34.8 Å². The Morgan fingerprint density at radius 3 is 2.36 bits per heavy atom. The molecule has 3 aromatic rings. The average Bonchev–Trinajstić information content (AvgIpc) is 2.63. The summed E-state index contributed by atoms with van der Waals surface area (Å²) in [6.07, 6.45) is 0. The van der Waals surface area contributed by atoms with E-state index in [1.54, 1.807) is 49.4 Å². The maximum atomic E-state index is 13.8. The van der Waals surface area contributed by atoms with Crippen molar-refractivity contribution in [2.24, 2.45) is 0 Å². The zero-order valence-corrected chi connectivity index (χ0v) is 15.3. The molecule has 2 amide bonds. The number of para-hydroxylation sites is 1. The fraction of sp³-hybridized carbons (Fsp3) is 0.100. The van der Waals surface area contributed by atoms with E-state index < -0.39 is 11.7 Å². The second-order valence-corrected chi connectivity index (χ2v) is 6.04. The van der Waals surface area contributed by atoms with Gasteiger partial charge in [-0.3, -0.25) is 9.59 Å². The van der Waals surface area contributed by atoms with Gasteiger partial charge in [0, 0.05) is 24.0 Å². The first-order chi connectivity index (χ1) is 13.4. The van der Waals surface area contributed by atoms with E-state index in [9.17, 15) is 14.0 Å². The molecule has 0 saturated carbocycles. The van der Waals surface area contributed by atoms with E-state index >= 15 is 0 Å². The first kappa shape index (κ1) is 19.0. The summed E-state index contributed by atoms with van der Waals surface area (Å²) in [5, 5.41) is 8.14. The Hall–Kier alpha value is -3.81. The zero-order chi connectivity index (χ0) is 20.1. The molecule has 2 aromatic carbocycles. The van der Waals surface area contributed by atoms with Gasteiger partial charge in [-0.15, -0.1) is 0 Å². The minimum absolute atomic E-state index is 0.113. The maximum absolute atomic E-state index is 13.8. The summed E-state index contributed by atoms with van der Waals surface area (Å²) < 4.78 is 13.8. The van der Waals surface area contributed by atoms with Crippen molar-refractivity contribution in [1.82, 2.24) is 9.97 Å². The normalized spacial score (nSPS) is 10.2. The lowest BCUT2D eigenvalue weighted by Gasteiger charge is -2.10. The molecule has 8 heteroatoms. The Morgan fingerprint density at radius 2 is 1.64 bits per heavy atom. The van der Waals surface area contributed by atoms with E-state index in [0.717, 1.165) is 0 Å². The number of rotatable bonds is 5. The molecule has 0 bridgehead atoms. The van der Waals surface area contributed by atoms with Gasteiger partial charge in [-0.25, -0.2) is 14.4 Å². The summed E-state index contributed by atoms with van der Waals surface area (Å²) in [6, 6.07) is 14.4. The molecular formula is C20H18FN5O2. The Labute approximate surface area is 161 Å². The predicted molar refractivity (Wildman–Crippen MR) is 105 cm³/mol. The van der Waals surface area contributed by atoms with Crippen LogP contribution in [0.25, 0.3) is 0 Å². The van der Waals surface area contributed by atoms with Crippen LogP contribution in [0.4, 0.5) is 27.4 Å². The molecule has 7 nitrogen and oxygen atoms in total. The number of carbonyl (C=O) groups is 2. The van der Waals surface area contributed by atoms with Gasteiger partial charge in [0.25, 0.3) is 5.91 Å². The van der Waals surface area contributed by atoms with Crippen molar-refractivity contribution < 1.29 is 14.0 Å². The maximum Gasteiger partial charge on any atom is 0.274 e. The molecule has 0 aliphatic heterocycles. The lowest BCUT2D eigenvalue weighted by molar-refractivity contribution is -0.114. The monoisotopic (exact) mass is 379 g/mol. The quantitative estimate of drug-likeness (QED) is 0.625. The molecule has 1 heterocycles. The lowest BCUT2D eigenvalue weighted by Crippen LogP contribution is -2.16. The molecular weight excluding hydrogens is 361 g/mol. The first-order valence-corrected chi connectivity index (χ1v) is 8.47. The van der Waals surface area contributed by atoms with Crippen LogP contribution in [0.5, 0.6) is 0 Å². The molecule has 0 atom stereocenters. The molecule has 3 rings (SSSR count). The standard InChI is InChI=1S/C20H18FN5O2/c1-12-10-18(26-20(22-12)25-17-9-4-3-8-16(17)21)19(28)24-15-7-5-6-14(11-15)23-13(2)27/h3-11H,1-2H3,(H,23,27)(H,24,28)(H,22,25,26). The highest BCUT2D eigenvalue weighted by atomic mass is 19.1. The Bertz CT molecular complexity index is 1040. The van der Waals surface area contributed by atoms with E-state index in [-0.39, 0.29) is 23.2 Å². The third-order valence-corrected chi connectivity index (χ3v) is 3.65. The van der Waals surface area contributed by atoms with Crippen LogP contribution in [-0.4, -0.2) is 21.8 Å². The number of amides is 2. The molecule has 0 fully saturated rings. The molecule has 3 N–H and O–H groups in total. The van der Waals surface area contributed by atoms with Gasteiger partial charge in [0.1, 0.15) is 11.5 Å². The summed E-state index contributed by atoms with van der Waals surface area (Å²) in [5.74, 6) is -1.00. The number of benzene rings is 2. The van der Waals surface area contributed by atoms with Gasteiger partial charge in [0.15, 0.2) is 0 Å². The van der Waals surface area contributed by atoms with Gasteiger partial charge in [0.05, 0.1) is 5.69 Å². The van der Waals surface area contributed by atoms with Gasteiger partial charge < -0.3 is 16.0 Å². The number of aryl methyl sites for hydroxylation is 1. The number of carbonyl (C=O) groups excluding carboxylic acids is 2. The van der Waals surface area contributed by atoms with Crippen molar-refractivity contribution in [3.63, 3.8) is 0 Å². The van der Waals surface area contributed by atoms with Crippen molar-refractivity contribution in [3.05, 3.63) is 71.8 Å². The highest BCUT2D eigenvalue weighted by Crippen LogP contribution is 2.19. The summed E-state index contributed by atoms with van der Waals surface area (Å²) in [4.78, 5) is 32.1. The van der Waals surface area contributed by atoms with Crippen LogP contribution in [-0.2, 0) is 4.79 Å². The van der Waals surface area contributed by atoms with Crippen LogP contribution < -0.4 is 16.0 Å². The average molecular weight is 379 g/mol. The van der Waals surface area contributed by atoms with Gasteiger partial charge in [-0.05, 0) is 43.3 Å². The molecule has 1 aromatic heterocycles. The van der Waals surface area contributed by atoms with Crippen molar-refractivity contribution in [1.29, 1.82) is 0 Å². The summed E-state index contributed by atoms with van der Waals surface area (Å²) in [5.41, 5.74) is 1.94. The van der Waals surface area contributed by atoms with Gasteiger partial charge in [-0.1, -0.05) is 18.2 Å². The highest BCUT2D eigenvalue weighted by molar-refractivity contribution is 6.03. The highest BCUT2D eigenvalue weighted by Gasteiger charge is 2.12. The Morgan fingerprint density at radius 1 is 0.929 bits per heavy atom. The van der Waals surface area contributed by atoms with Crippen LogP contribution in [0.2, 0.25) is 0 Å². The number of hydrogen-bond acceptors (Lipinski definition) is 5. The zero-order valence-electron chi connectivity index (χ0n) is 15.3. The minimum atomic E-state index is -0.456. The second-order valence-electron chi connectivity index (χ2n) is 6.04. The fourth-order valence-corrected chi connectivity index (χ4v) is 2.50. The predicted octanol–water partition coefficient (Wildman–Crippen LogP) is 3.88. The van der Waals surface area contributed by atoms with E-state index in [1.165, 1.54) is 19.1 Å². The smallest absolute Gasteiger partial charge is 0.274 e. The molecule has 0 radical (unpaired) electrons. The number of nitrogens with one attached hydrogen (secondary N) is 3. The lowest BCUT2D eigenvalue weighted by atomic mass is 10.2. The Kier molecular flexibility index (Phi) is 5.59. The molecule has 0 saturated heterocycles. The van der Waals surface area contributed by atoms with Crippen LogP contribution in [0.15, 0.2) is 54.6 Å². The van der Waals surface area contributed by atoms with E-state index in [0.29, 0.717) is 17.1 Å². The fourth-order valence-electron chi connectivity index (χ4n) is 2.50. The summed E-state index contributed by atoms with van der Waals surface area (Å²) in [7, 11) is 0. The number of anilines is 4. The second kappa shape index (κ2) is 8.26. The number of aromatic nitrogens is 2. The first-order valence-electron chi connectivity index (χ1n) is 8.47. The van der Waals surface area contributed by atoms with Gasteiger partial charge in [0.2, 0.25) is 11.9 Å².